The molecule has 2 N–H and O–H groups in total. The molecule has 3 amide bonds. The number of pyridine rings is 1. The van der Waals surface area contributed by atoms with E-state index in [9.17, 15) is 9.59 Å². The van der Waals surface area contributed by atoms with Crippen molar-refractivity contribution in [3.63, 3.8) is 0 Å². The molecule has 1 aromatic heterocycles. The van der Waals surface area contributed by atoms with Gasteiger partial charge in [-0.15, -0.1) is 0 Å². The van der Waals surface area contributed by atoms with E-state index in [0.717, 1.165) is 16.7 Å². The molecule has 0 spiro atoms. The van der Waals surface area contributed by atoms with Crippen LogP contribution in [0.25, 0.3) is 0 Å². The summed E-state index contributed by atoms with van der Waals surface area (Å²) < 4.78 is 0. The van der Waals surface area contributed by atoms with Crippen LogP contribution in [0.2, 0.25) is 0 Å². The summed E-state index contributed by atoms with van der Waals surface area (Å²) >= 11 is 0. The summed E-state index contributed by atoms with van der Waals surface area (Å²) in [7, 11) is 0. The molecule has 0 saturated heterocycles. The van der Waals surface area contributed by atoms with Crippen molar-refractivity contribution in [1.29, 1.82) is 0 Å². The van der Waals surface area contributed by atoms with Gasteiger partial charge in [-0.2, -0.15) is 0 Å². The molecule has 134 valence electrons. The van der Waals surface area contributed by atoms with Crippen molar-refractivity contribution in [2.45, 2.75) is 38.5 Å². The Morgan fingerprint density at radius 3 is 2.62 bits per heavy atom. The average molecular weight is 350 g/mol. The predicted octanol–water partition coefficient (Wildman–Crippen LogP) is 2.20. The number of benzene rings is 1. The molecule has 1 saturated carbocycles. The van der Waals surface area contributed by atoms with E-state index in [2.05, 4.69) is 15.6 Å². The summed E-state index contributed by atoms with van der Waals surface area (Å²) in [4.78, 5) is 30.5. The van der Waals surface area contributed by atoms with E-state index >= 15 is 0 Å². The van der Waals surface area contributed by atoms with Gasteiger partial charge in [-0.05, 0) is 35.6 Å². The molecule has 2 heterocycles. The molecular formula is C20H22N4O2. The average Bonchev–Trinajstić information content (AvgIpc) is 3.07. The van der Waals surface area contributed by atoms with E-state index in [-0.39, 0.29) is 23.9 Å². The molecular weight excluding hydrogens is 328 g/mol. The molecule has 26 heavy (non-hydrogen) atoms. The van der Waals surface area contributed by atoms with Crippen molar-refractivity contribution in [2.24, 2.45) is 5.92 Å². The maximum absolute atomic E-state index is 12.4. The maximum atomic E-state index is 12.4. The third kappa shape index (κ3) is 3.54. The fraction of sp³-hybridized carbons (Fsp3) is 0.350. The fourth-order valence-corrected chi connectivity index (χ4v) is 3.51. The minimum Gasteiger partial charge on any atom is -0.352 e. The van der Waals surface area contributed by atoms with E-state index < -0.39 is 0 Å². The topological polar surface area (TPSA) is 74.3 Å². The zero-order chi connectivity index (χ0) is 17.9. The minimum atomic E-state index is -0.0608. The summed E-state index contributed by atoms with van der Waals surface area (Å²) in [6, 6.07) is 11.8. The van der Waals surface area contributed by atoms with Crippen LogP contribution in [0.5, 0.6) is 0 Å². The van der Waals surface area contributed by atoms with Crippen LogP contribution in [-0.2, 0) is 24.4 Å². The zero-order valence-corrected chi connectivity index (χ0v) is 14.5. The number of fused-ring (bicyclic) bond motifs is 1. The van der Waals surface area contributed by atoms with Gasteiger partial charge in [0.25, 0.3) is 0 Å². The van der Waals surface area contributed by atoms with Crippen LogP contribution in [0.4, 0.5) is 4.79 Å². The van der Waals surface area contributed by atoms with E-state index in [1.54, 1.807) is 11.1 Å². The fourth-order valence-electron chi connectivity index (χ4n) is 3.51. The maximum Gasteiger partial charge on any atom is 0.318 e. The van der Waals surface area contributed by atoms with Crippen molar-refractivity contribution >= 4 is 11.9 Å². The molecule has 0 radical (unpaired) electrons. The number of aromatic nitrogens is 1. The van der Waals surface area contributed by atoms with Crippen LogP contribution in [0.3, 0.4) is 0 Å². The molecule has 2 aromatic rings. The lowest BCUT2D eigenvalue weighted by atomic mass is 9.79. The summed E-state index contributed by atoms with van der Waals surface area (Å²) in [5, 5.41) is 6.01. The van der Waals surface area contributed by atoms with Crippen molar-refractivity contribution in [1.82, 2.24) is 20.5 Å². The molecule has 1 aliphatic heterocycles. The van der Waals surface area contributed by atoms with Gasteiger partial charge in [0, 0.05) is 44.0 Å². The summed E-state index contributed by atoms with van der Waals surface area (Å²) in [6.07, 6.45) is 4.98. The number of hydrogen-bond donors (Lipinski definition) is 2. The molecule has 6 heteroatoms. The number of urea groups is 1. The number of carbonyl (C=O) groups excluding carboxylic acids is 2. The van der Waals surface area contributed by atoms with Crippen LogP contribution in [0, 0.1) is 5.92 Å². The van der Waals surface area contributed by atoms with Gasteiger partial charge in [-0.3, -0.25) is 9.78 Å². The van der Waals surface area contributed by atoms with Crippen LogP contribution >= 0.6 is 0 Å². The van der Waals surface area contributed by atoms with Crippen LogP contribution in [0.15, 0.2) is 48.8 Å². The molecule has 0 bridgehead atoms. The molecule has 1 aliphatic carbocycles. The Morgan fingerprint density at radius 2 is 1.85 bits per heavy atom. The molecule has 0 atom stereocenters. The van der Waals surface area contributed by atoms with Gasteiger partial charge in [0.1, 0.15) is 0 Å². The van der Waals surface area contributed by atoms with E-state index in [0.29, 0.717) is 32.5 Å². The van der Waals surface area contributed by atoms with Gasteiger partial charge in [0.05, 0.1) is 0 Å². The zero-order valence-electron chi connectivity index (χ0n) is 14.5. The third-order valence-electron chi connectivity index (χ3n) is 5.16. The lowest BCUT2D eigenvalue weighted by molar-refractivity contribution is -0.128. The number of amides is 3. The molecule has 2 aliphatic rings. The Labute approximate surface area is 152 Å². The van der Waals surface area contributed by atoms with Crippen molar-refractivity contribution in [3.05, 3.63) is 65.5 Å². The number of carbonyl (C=O) groups is 2. The third-order valence-corrected chi connectivity index (χ3v) is 5.16. The van der Waals surface area contributed by atoms with E-state index in [4.69, 9.17) is 0 Å². The standard InChI is InChI=1S/C20H22N4O2/c25-19(22-10-14-4-2-1-3-5-14)16-8-18(9-16)23-20(26)24-12-15-6-7-21-11-17(15)13-24/h1-7,11,16,18H,8-10,12-13H2,(H,22,25)(H,23,26). The van der Waals surface area contributed by atoms with Gasteiger partial charge in [0.15, 0.2) is 0 Å². The lowest BCUT2D eigenvalue weighted by Crippen LogP contribution is -2.51. The summed E-state index contributed by atoms with van der Waals surface area (Å²) in [6.45, 7) is 1.77. The number of nitrogens with zero attached hydrogens (tertiary/aromatic N) is 2. The smallest absolute Gasteiger partial charge is 0.318 e. The molecule has 4 rings (SSSR count). The van der Waals surface area contributed by atoms with Gasteiger partial charge >= 0.3 is 6.03 Å². The van der Waals surface area contributed by atoms with Gasteiger partial charge < -0.3 is 15.5 Å². The van der Waals surface area contributed by atoms with Crippen LogP contribution in [-0.4, -0.2) is 27.9 Å². The second-order valence-electron chi connectivity index (χ2n) is 7.02. The second-order valence-corrected chi connectivity index (χ2v) is 7.02. The molecule has 1 fully saturated rings. The number of nitrogens with one attached hydrogen (secondary N) is 2. The molecule has 1 aromatic carbocycles. The Hall–Kier alpha value is -2.89. The number of hydrogen-bond acceptors (Lipinski definition) is 3. The highest BCUT2D eigenvalue weighted by molar-refractivity contribution is 5.80. The quantitative estimate of drug-likeness (QED) is 0.888. The van der Waals surface area contributed by atoms with Crippen molar-refractivity contribution < 1.29 is 9.59 Å². The van der Waals surface area contributed by atoms with Gasteiger partial charge in [-0.25, -0.2) is 4.79 Å². The minimum absolute atomic E-state index is 0.0102. The molecule has 0 unspecified atom stereocenters. The first kappa shape index (κ1) is 16.6. The number of rotatable bonds is 4. The monoisotopic (exact) mass is 350 g/mol. The lowest BCUT2D eigenvalue weighted by Gasteiger charge is -2.35. The molecule has 6 nitrogen and oxygen atoms in total. The van der Waals surface area contributed by atoms with Gasteiger partial charge in [-0.1, -0.05) is 30.3 Å². The first-order valence-electron chi connectivity index (χ1n) is 8.98. The van der Waals surface area contributed by atoms with Crippen LogP contribution < -0.4 is 10.6 Å². The Morgan fingerprint density at radius 1 is 1.08 bits per heavy atom. The highest BCUT2D eigenvalue weighted by Crippen LogP contribution is 2.28. The largest absolute Gasteiger partial charge is 0.352 e. The Bertz CT molecular complexity index is 777. The van der Waals surface area contributed by atoms with Gasteiger partial charge in [0.2, 0.25) is 5.91 Å². The van der Waals surface area contributed by atoms with E-state index in [1.165, 1.54) is 0 Å². The first-order chi connectivity index (χ1) is 12.7. The first-order valence-corrected chi connectivity index (χ1v) is 8.98. The highest BCUT2D eigenvalue weighted by Gasteiger charge is 2.36. The van der Waals surface area contributed by atoms with E-state index in [1.807, 2.05) is 42.6 Å². The van der Waals surface area contributed by atoms with Crippen LogP contribution in [0.1, 0.15) is 29.5 Å². The summed E-state index contributed by atoms with van der Waals surface area (Å²) in [5.74, 6) is 0.0583. The SMILES string of the molecule is O=C(NCc1ccccc1)C1CC(NC(=O)N2Cc3ccncc3C2)C1. The Balaban J connectivity index is 1.19. The summed E-state index contributed by atoms with van der Waals surface area (Å²) in [5.41, 5.74) is 3.35. The normalized spacial score (nSPS) is 20.8. The predicted molar refractivity (Wildman–Crippen MR) is 96.8 cm³/mol. The highest BCUT2D eigenvalue weighted by atomic mass is 16.2. The Kier molecular flexibility index (Phi) is 4.56. The van der Waals surface area contributed by atoms with Crippen molar-refractivity contribution in [3.8, 4) is 0 Å². The van der Waals surface area contributed by atoms with Crippen molar-refractivity contribution in [2.75, 3.05) is 0 Å². The second kappa shape index (κ2) is 7.15.